The van der Waals surface area contributed by atoms with Crippen LogP contribution in [0.15, 0.2) is 30.3 Å². The number of nitrogens with one attached hydrogen (secondary N) is 1. The molecule has 1 amide bonds. The molecule has 1 aromatic rings. The topological polar surface area (TPSA) is 58.6 Å². The molecule has 4 heteroatoms. The maximum absolute atomic E-state index is 10.5. The fourth-order valence-corrected chi connectivity index (χ4v) is 0.806. The van der Waals surface area contributed by atoms with Gasteiger partial charge in [0.1, 0.15) is 6.61 Å². The summed E-state index contributed by atoms with van der Waals surface area (Å²) in [5.74, 6) is -0.545. The summed E-state index contributed by atoms with van der Waals surface area (Å²) in [4.78, 5) is 15.3. The summed E-state index contributed by atoms with van der Waals surface area (Å²) < 4.78 is 0. The second-order valence-electron chi connectivity index (χ2n) is 2.46. The zero-order chi connectivity index (χ0) is 9.52. The third-order valence-corrected chi connectivity index (χ3v) is 1.41. The van der Waals surface area contributed by atoms with Crippen LogP contribution in [0.2, 0.25) is 0 Å². The molecule has 0 atom stereocenters. The Hall–Kier alpha value is -1.39. The Morgan fingerprint density at radius 3 is 2.69 bits per heavy atom. The minimum atomic E-state index is -0.561. The Balaban J connectivity index is 2.24. The molecule has 0 aliphatic heterocycles. The highest BCUT2D eigenvalue weighted by molar-refractivity contribution is 5.75. The van der Waals surface area contributed by atoms with Crippen molar-refractivity contribution in [1.82, 2.24) is 5.48 Å². The number of carbonyl (C=O) groups is 1. The van der Waals surface area contributed by atoms with Crippen LogP contribution in [0.3, 0.4) is 0 Å². The predicted octanol–water partition coefficient (Wildman–Crippen LogP) is 0.227. The molecule has 0 fully saturated rings. The average Bonchev–Trinajstić information content (AvgIpc) is 2.19. The molecule has 0 aromatic heterocycles. The van der Waals surface area contributed by atoms with Crippen LogP contribution in [0.4, 0.5) is 0 Å². The number of hydroxylamine groups is 1. The molecule has 0 unspecified atom stereocenters. The van der Waals surface area contributed by atoms with Gasteiger partial charge in [-0.3, -0.25) is 9.63 Å². The smallest absolute Gasteiger partial charge is 0.269 e. The molecule has 13 heavy (non-hydrogen) atoms. The number of rotatable bonds is 4. The summed E-state index contributed by atoms with van der Waals surface area (Å²) >= 11 is 0. The summed E-state index contributed by atoms with van der Waals surface area (Å²) in [6.45, 7) is -0.263. The van der Waals surface area contributed by atoms with Crippen molar-refractivity contribution in [2.45, 2.75) is 6.61 Å². The van der Waals surface area contributed by atoms with Crippen molar-refractivity contribution in [3.8, 4) is 0 Å². The van der Waals surface area contributed by atoms with E-state index in [2.05, 4.69) is 5.48 Å². The van der Waals surface area contributed by atoms with Gasteiger partial charge in [0.2, 0.25) is 0 Å². The molecule has 70 valence electrons. The lowest BCUT2D eigenvalue weighted by atomic mass is 10.2. The Labute approximate surface area is 76.1 Å². The predicted molar refractivity (Wildman–Crippen MR) is 46.5 cm³/mol. The van der Waals surface area contributed by atoms with Crippen LogP contribution >= 0.6 is 0 Å². The molecule has 0 saturated heterocycles. The van der Waals surface area contributed by atoms with Crippen LogP contribution in [0.25, 0.3) is 0 Å². The van der Waals surface area contributed by atoms with E-state index in [1.165, 1.54) is 0 Å². The largest absolute Gasteiger partial charge is 0.386 e. The second kappa shape index (κ2) is 5.29. The minimum absolute atomic E-state index is 0.298. The zero-order valence-corrected chi connectivity index (χ0v) is 7.06. The third-order valence-electron chi connectivity index (χ3n) is 1.41. The van der Waals surface area contributed by atoms with Crippen molar-refractivity contribution in [1.29, 1.82) is 0 Å². The van der Waals surface area contributed by atoms with E-state index in [1.54, 1.807) is 0 Å². The van der Waals surface area contributed by atoms with Crippen LogP contribution in [-0.2, 0) is 16.2 Å². The summed E-state index contributed by atoms with van der Waals surface area (Å²) in [5.41, 5.74) is 3.05. The first-order chi connectivity index (χ1) is 6.33. The average molecular weight is 181 g/mol. The van der Waals surface area contributed by atoms with Crippen LogP contribution in [0.1, 0.15) is 5.56 Å². The molecule has 1 rings (SSSR count). The van der Waals surface area contributed by atoms with E-state index in [4.69, 9.17) is 9.94 Å². The van der Waals surface area contributed by atoms with Crippen LogP contribution in [-0.4, -0.2) is 17.6 Å². The molecule has 0 spiro atoms. The summed E-state index contributed by atoms with van der Waals surface area (Å²) in [6.07, 6.45) is 0. The molecule has 1 aromatic carbocycles. The molecular weight excluding hydrogens is 170 g/mol. The third kappa shape index (κ3) is 3.68. The molecule has 0 radical (unpaired) electrons. The van der Waals surface area contributed by atoms with E-state index in [-0.39, 0.29) is 0 Å². The highest BCUT2D eigenvalue weighted by Gasteiger charge is 1.96. The van der Waals surface area contributed by atoms with E-state index in [0.29, 0.717) is 6.61 Å². The first-order valence-corrected chi connectivity index (χ1v) is 3.88. The van der Waals surface area contributed by atoms with E-state index < -0.39 is 12.5 Å². The minimum Gasteiger partial charge on any atom is -0.386 e. The molecule has 0 saturated carbocycles. The van der Waals surface area contributed by atoms with Crippen molar-refractivity contribution in [2.75, 3.05) is 6.61 Å². The number of carbonyl (C=O) groups excluding carboxylic acids is 1. The summed E-state index contributed by atoms with van der Waals surface area (Å²) in [6, 6.07) is 9.42. The van der Waals surface area contributed by atoms with Crippen molar-refractivity contribution >= 4 is 5.91 Å². The SMILES string of the molecule is O=C(CO)NOCc1ccccc1. The number of amides is 1. The summed E-state index contributed by atoms with van der Waals surface area (Å²) in [5, 5.41) is 8.34. The molecule has 4 nitrogen and oxygen atoms in total. The lowest BCUT2D eigenvalue weighted by molar-refractivity contribution is -0.137. The Bertz CT molecular complexity index is 261. The van der Waals surface area contributed by atoms with Gasteiger partial charge in [-0.25, -0.2) is 5.48 Å². The standard InChI is InChI=1S/C9H11NO3/c11-6-9(12)10-13-7-8-4-2-1-3-5-8/h1-5,11H,6-7H2,(H,10,12). The van der Waals surface area contributed by atoms with Gasteiger partial charge >= 0.3 is 0 Å². The second-order valence-corrected chi connectivity index (χ2v) is 2.46. The van der Waals surface area contributed by atoms with Gasteiger partial charge in [0.15, 0.2) is 0 Å². The van der Waals surface area contributed by atoms with Gasteiger partial charge in [-0.2, -0.15) is 0 Å². The van der Waals surface area contributed by atoms with Crippen LogP contribution < -0.4 is 5.48 Å². The highest BCUT2D eigenvalue weighted by atomic mass is 16.7. The van der Waals surface area contributed by atoms with Gasteiger partial charge in [0.25, 0.3) is 5.91 Å². The fourth-order valence-electron chi connectivity index (χ4n) is 0.806. The van der Waals surface area contributed by atoms with Crippen molar-refractivity contribution in [3.63, 3.8) is 0 Å². The lowest BCUT2D eigenvalue weighted by Gasteiger charge is -2.03. The molecule has 0 aliphatic carbocycles. The lowest BCUT2D eigenvalue weighted by Crippen LogP contribution is -2.26. The van der Waals surface area contributed by atoms with Gasteiger partial charge < -0.3 is 5.11 Å². The van der Waals surface area contributed by atoms with Crippen molar-refractivity contribution in [2.24, 2.45) is 0 Å². The van der Waals surface area contributed by atoms with E-state index in [1.807, 2.05) is 30.3 Å². The van der Waals surface area contributed by atoms with Gasteiger partial charge in [-0.1, -0.05) is 30.3 Å². The monoisotopic (exact) mass is 181 g/mol. The van der Waals surface area contributed by atoms with Gasteiger partial charge in [-0.05, 0) is 5.56 Å². The van der Waals surface area contributed by atoms with E-state index >= 15 is 0 Å². The molecule has 0 aliphatic rings. The molecule has 0 bridgehead atoms. The summed E-state index contributed by atoms with van der Waals surface area (Å²) in [7, 11) is 0. The number of aliphatic hydroxyl groups excluding tert-OH is 1. The van der Waals surface area contributed by atoms with E-state index in [0.717, 1.165) is 5.56 Å². The Morgan fingerprint density at radius 1 is 1.38 bits per heavy atom. The van der Waals surface area contributed by atoms with Crippen molar-refractivity contribution in [3.05, 3.63) is 35.9 Å². The molecule has 0 heterocycles. The number of hydrogen-bond acceptors (Lipinski definition) is 3. The van der Waals surface area contributed by atoms with Gasteiger partial charge in [0, 0.05) is 0 Å². The zero-order valence-electron chi connectivity index (χ0n) is 7.06. The quantitative estimate of drug-likeness (QED) is 0.653. The normalized spacial score (nSPS) is 9.62. The number of benzene rings is 1. The highest BCUT2D eigenvalue weighted by Crippen LogP contribution is 1.98. The van der Waals surface area contributed by atoms with Crippen LogP contribution in [0.5, 0.6) is 0 Å². The van der Waals surface area contributed by atoms with E-state index in [9.17, 15) is 4.79 Å². The fraction of sp³-hybridized carbons (Fsp3) is 0.222. The first kappa shape index (κ1) is 9.70. The first-order valence-electron chi connectivity index (χ1n) is 3.88. The maximum Gasteiger partial charge on any atom is 0.269 e. The van der Waals surface area contributed by atoms with Gasteiger partial charge in [-0.15, -0.1) is 0 Å². The van der Waals surface area contributed by atoms with Crippen LogP contribution in [0, 0.1) is 0 Å². The number of hydrogen-bond donors (Lipinski definition) is 2. The Morgan fingerprint density at radius 2 is 2.08 bits per heavy atom. The molecule has 2 N–H and O–H groups in total. The van der Waals surface area contributed by atoms with Crippen molar-refractivity contribution < 1.29 is 14.7 Å². The number of aliphatic hydroxyl groups is 1. The van der Waals surface area contributed by atoms with Gasteiger partial charge in [0.05, 0.1) is 6.61 Å². The molecular formula is C9H11NO3. The Kier molecular flexibility index (Phi) is 3.95. The maximum atomic E-state index is 10.5.